The number of piperazine rings is 1. The average Bonchev–Trinajstić information content (AvgIpc) is 2.75. The smallest absolute Gasteiger partial charge is 0.186 e. The third kappa shape index (κ3) is 2.81. The van der Waals surface area contributed by atoms with E-state index in [9.17, 15) is 0 Å². The van der Waals surface area contributed by atoms with Gasteiger partial charge in [-0.05, 0) is 13.0 Å². The van der Waals surface area contributed by atoms with Crippen molar-refractivity contribution in [2.24, 2.45) is 5.73 Å². The highest BCUT2D eigenvalue weighted by molar-refractivity contribution is 7.81. The van der Waals surface area contributed by atoms with Gasteiger partial charge in [0.2, 0.25) is 0 Å². The Bertz CT molecular complexity index is 433. The van der Waals surface area contributed by atoms with Gasteiger partial charge in [0.05, 0.1) is 10.6 Å². The fourth-order valence-corrected chi connectivity index (χ4v) is 3.38. The zero-order valence-corrected chi connectivity index (χ0v) is 12.8. The summed E-state index contributed by atoms with van der Waals surface area (Å²) in [4.78, 5) is 10.9. The van der Waals surface area contributed by atoms with Crippen LogP contribution in [0, 0.1) is 0 Å². The van der Waals surface area contributed by atoms with Crippen molar-refractivity contribution in [3.63, 3.8) is 0 Å². The zero-order chi connectivity index (χ0) is 13.3. The molecular weight excluding hydrogens is 264 g/mol. The van der Waals surface area contributed by atoms with Crippen molar-refractivity contribution in [3.8, 4) is 0 Å². The van der Waals surface area contributed by atoms with Crippen LogP contribution >= 0.6 is 23.6 Å². The lowest BCUT2D eigenvalue weighted by Crippen LogP contribution is -2.44. The molecule has 1 saturated heterocycles. The van der Waals surface area contributed by atoms with Crippen LogP contribution < -0.4 is 10.6 Å². The van der Waals surface area contributed by atoms with Crippen LogP contribution in [0.2, 0.25) is 0 Å². The van der Waals surface area contributed by atoms with E-state index in [-0.39, 0.29) is 0 Å². The standard InChI is InChI=1S/C12H20N4S2/c1-8(2)9-10(11(13)17)18-12(14-9)16-6-4-15(3)5-7-16/h8H,4-7H2,1-3H3,(H2,13,17). The van der Waals surface area contributed by atoms with Crippen molar-refractivity contribution in [1.29, 1.82) is 0 Å². The molecule has 2 rings (SSSR count). The Morgan fingerprint density at radius 3 is 2.39 bits per heavy atom. The van der Waals surface area contributed by atoms with Crippen LogP contribution in [0.25, 0.3) is 0 Å². The Hall–Kier alpha value is -0.720. The predicted molar refractivity (Wildman–Crippen MR) is 81.8 cm³/mol. The van der Waals surface area contributed by atoms with Crippen LogP contribution in [0.1, 0.15) is 30.3 Å². The fraction of sp³-hybridized carbons (Fsp3) is 0.667. The van der Waals surface area contributed by atoms with E-state index in [2.05, 4.69) is 30.7 Å². The number of nitrogens with two attached hydrogens (primary N) is 1. The lowest BCUT2D eigenvalue weighted by atomic mass is 10.1. The van der Waals surface area contributed by atoms with Crippen molar-refractivity contribution in [2.45, 2.75) is 19.8 Å². The first-order chi connectivity index (χ1) is 8.49. The number of likely N-dealkylation sites (N-methyl/N-ethyl adjacent to an activating group) is 1. The number of rotatable bonds is 3. The van der Waals surface area contributed by atoms with Crippen LogP contribution in [-0.4, -0.2) is 48.1 Å². The molecule has 0 atom stereocenters. The molecule has 0 saturated carbocycles. The molecule has 100 valence electrons. The van der Waals surface area contributed by atoms with E-state index in [4.69, 9.17) is 22.9 Å². The van der Waals surface area contributed by atoms with E-state index in [1.807, 2.05) is 0 Å². The zero-order valence-electron chi connectivity index (χ0n) is 11.1. The summed E-state index contributed by atoms with van der Waals surface area (Å²) in [6.45, 7) is 8.48. The fourth-order valence-electron chi connectivity index (χ4n) is 2.02. The summed E-state index contributed by atoms with van der Waals surface area (Å²) in [5.41, 5.74) is 6.84. The number of hydrogen-bond donors (Lipinski definition) is 1. The van der Waals surface area contributed by atoms with Crippen LogP contribution in [0.15, 0.2) is 0 Å². The van der Waals surface area contributed by atoms with Gasteiger partial charge in [0.25, 0.3) is 0 Å². The van der Waals surface area contributed by atoms with Gasteiger partial charge < -0.3 is 15.5 Å². The maximum absolute atomic E-state index is 5.79. The minimum atomic E-state index is 0.360. The van der Waals surface area contributed by atoms with Crippen LogP contribution in [0.4, 0.5) is 5.13 Å². The Kier molecular flexibility index (Phi) is 4.19. The molecule has 0 aliphatic carbocycles. The third-order valence-electron chi connectivity index (χ3n) is 3.19. The Labute approximate surface area is 118 Å². The molecule has 0 bridgehead atoms. The molecule has 0 spiro atoms. The molecular formula is C12H20N4S2. The molecule has 1 aliphatic heterocycles. The first kappa shape index (κ1) is 13.7. The summed E-state index contributed by atoms with van der Waals surface area (Å²) >= 11 is 6.76. The van der Waals surface area contributed by atoms with Gasteiger partial charge in [0.1, 0.15) is 4.99 Å². The molecule has 0 amide bonds. The van der Waals surface area contributed by atoms with Gasteiger partial charge in [-0.2, -0.15) is 0 Å². The first-order valence-corrected chi connectivity index (χ1v) is 7.45. The number of thiazole rings is 1. The van der Waals surface area contributed by atoms with E-state index in [1.165, 1.54) is 0 Å². The van der Waals surface area contributed by atoms with Crippen molar-refractivity contribution < 1.29 is 0 Å². The minimum absolute atomic E-state index is 0.360. The predicted octanol–water partition coefficient (Wildman–Crippen LogP) is 1.65. The molecule has 0 aromatic carbocycles. The minimum Gasteiger partial charge on any atom is -0.389 e. The summed E-state index contributed by atoms with van der Waals surface area (Å²) in [7, 11) is 2.15. The lowest BCUT2D eigenvalue weighted by Gasteiger charge is -2.32. The molecule has 1 aromatic rings. The monoisotopic (exact) mass is 284 g/mol. The van der Waals surface area contributed by atoms with Crippen molar-refractivity contribution in [2.75, 3.05) is 38.1 Å². The molecule has 4 nitrogen and oxygen atoms in total. The number of anilines is 1. The maximum Gasteiger partial charge on any atom is 0.186 e. The van der Waals surface area contributed by atoms with Gasteiger partial charge in [-0.15, -0.1) is 0 Å². The largest absolute Gasteiger partial charge is 0.389 e. The second-order valence-electron chi connectivity index (χ2n) is 5.02. The van der Waals surface area contributed by atoms with Gasteiger partial charge in [0.15, 0.2) is 5.13 Å². The number of hydrogen-bond acceptors (Lipinski definition) is 5. The van der Waals surface area contributed by atoms with Gasteiger partial charge in [-0.3, -0.25) is 0 Å². The Morgan fingerprint density at radius 2 is 1.94 bits per heavy atom. The van der Waals surface area contributed by atoms with Gasteiger partial charge in [0, 0.05) is 26.2 Å². The molecule has 0 unspecified atom stereocenters. The van der Waals surface area contributed by atoms with Crippen LogP contribution in [0.3, 0.4) is 0 Å². The van der Waals surface area contributed by atoms with E-state index in [1.54, 1.807) is 11.3 Å². The Balaban J connectivity index is 2.24. The summed E-state index contributed by atoms with van der Waals surface area (Å²) in [5, 5.41) is 1.06. The summed E-state index contributed by atoms with van der Waals surface area (Å²) in [6, 6.07) is 0. The number of aromatic nitrogens is 1. The van der Waals surface area contributed by atoms with Crippen LogP contribution in [-0.2, 0) is 0 Å². The highest BCUT2D eigenvalue weighted by Gasteiger charge is 2.22. The maximum atomic E-state index is 5.79. The average molecular weight is 284 g/mol. The van der Waals surface area contributed by atoms with Crippen molar-refractivity contribution >= 4 is 33.7 Å². The normalized spacial score (nSPS) is 17.4. The van der Waals surface area contributed by atoms with E-state index in [0.29, 0.717) is 10.9 Å². The van der Waals surface area contributed by atoms with Gasteiger partial charge >= 0.3 is 0 Å². The van der Waals surface area contributed by atoms with Crippen molar-refractivity contribution in [3.05, 3.63) is 10.6 Å². The highest BCUT2D eigenvalue weighted by Crippen LogP contribution is 2.31. The number of nitrogens with zero attached hydrogens (tertiary/aromatic N) is 3. The van der Waals surface area contributed by atoms with E-state index < -0.39 is 0 Å². The topological polar surface area (TPSA) is 45.4 Å². The molecule has 18 heavy (non-hydrogen) atoms. The lowest BCUT2D eigenvalue weighted by molar-refractivity contribution is 0.312. The number of thiocarbonyl (C=S) groups is 1. The quantitative estimate of drug-likeness (QED) is 0.855. The third-order valence-corrected chi connectivity index (χ3v) is 4.69. The Morgan fingerprint density at radius 1 is 1.33 bits per heavy atom. The summed E-state index contributed by atoms with van der Waals surface area (Å²) in [5.74, 6) is 0.360. The molecule has 2 heterocycles. The molecule has 1 aliphatic rings. The van der Waals surface area contributed by atoms with E-state index in [0.717, 1.165) is 41.9 Å². The molecule has 0 radical (unpaired) electrons. The SMILES string of the molecule is CC(C)c1nc(N2CCN(C)CC2)sc1C(N)=S. The molecule has 1 aromatic heterocycles. The second-order valence-corrected chi connectivity index (χ2v) is 6.44. The van der Waals surface area contributed by atoms with Crippen molar-refractivity contribution in [1.82, 2.24) is 9.88 Å². The van der Waals surface area contributed by atoms with Gasteiger partial charge in [-0.25, -0.2) is 4.98 Å². The van der Waals surface area contributed by atoms with E-state index >= 15 is 0 Å². The highest BCUT2D eigenvalue weighted by atomic mass is 32.1. The van der Waals surface area contributed by atoms with Crippen LogP contribution in [0.5, 0.6) is 0 Å². The molecule has 2 N–H and O–H groups in total. The summed E-state index contributed by atoms with van der Waals surface area (Å²) < 4.78 is 0. The van der Waals surface area contributed by atoms with Gasteiger partial charge in [-0.1, -0.05) is 37.4 Å². The second kappa shape index (κ2) is 5.50. The summed E-state index contributed by atoms with van der Waals surface area (Å²) in [6.07, 6.45) is 0. The first-order valence-electron chi connectivity index (χ1n) is 6.23. The molecule has 1 fully saturated rings. The molecule has 6 heteroatoms.